The molecule has 3 aromatic carbocycles. The van der Waals surface area contributed by atoms with E-state index in [0.29, 0.717) is 29.2 Å². The first kappa shape index (κ1) is 21.1. The Labute approximate surface area is 176 Å². The van der Waals surface area contributed by atoms with Gasteiger partial charge in [-0.1, -0.05) is 37.3 Å². The molecule has 0 aliphatic heterocycles. The first-order valence-electron chi connectivity index (χ1n) is 9.97. The summed E-state index contributed by atoms with van der Waals surface area (Å²) in [6.07, 6.45) is 0.920. The topological polar surface area (TPSA) is 64.6 Å². The maximum absolute atomic E-state index is 12.5. The number of rotatable bonds is 8. The lowest BCUT2D eigenvalue weighted by atomic mass is 10.1. The molecule has 0 aromatic heterocycles. The summed E-state index contributed by atoms with van der Waals surface area (Å²) < 4.78 is 10.9. The van der Waals surface area contributed by atoms with Crippen LogP contribution in [0.15, 0.2) is 78.9 Å². The summed E-state index contributed by atoms with van der Waals surface area (Å²) in [6, 6.07) is 23.0. The van der Waals surface area contributed by atoms with E-state index in [1.807, 2.05) is 44.2 Å². The smallest absolute Gasteiger partial charge is 0.343 e. The van der Waals surface area contributed by atoms with Gasteiger partial charge in [0.2, 0.25) is 0 Å². The average Bonchev–Trinajstić information content (AvgIpc) is 2.79. The first-order chi connectivity index (χ1) is 14.6. The van der Waals surface area contributed by atoms with E-state index in [2.05, 4.69) is 5.32 Å². The Bertz CT molecular complexity index is 966. The minimum Gasteiger partial charge on any atom is -0.494 e. The molecule has 30 heavy (non-hydrogen) atoms. The maximum atomic E-state index is 12.5. The largest absolute Gasteiger partial charge is 0.494 e. The van der Waals surface area contributed by atoms with Crippen LogP contribution in [0.4, 0.5) is 0 Å². The summed E-state index contributed by atoms with van der Waals surface area (Å²) in [5.41, 5.74) is 1.95. The normalized spacial score (nSPS) is 11.4. The number of hydrogen-bond acceptors (Lipinski definition) is 4. The zero-order chi connectivity index (χ0) is 21.3. The van der Waals surface area contributed by atoms with Gasteiger partial charge in [0.25, 0.3) is 5.91 Å². The van der Waals surface area contributed by atoms with E-state index in [1.165, 1.54) is 0 Å². The number of hydrogen-bond donors (Lipinski definition) is 1. The summed E-state index contributed by atoms with van der Waals surface area (Å²) in [5, 5.41) is 2.96. The zero-order valence-corrected chi connectivity index (χ0v) is 17.1. The molecule has 0 heterocycles. The van der Waals surface area contributed by atoms with Crippen LogP contribution in [0.25, 0.3) is 0 Å². The molecule has 3 rings (SSSR count). The fourth-order valence-corrected chi connectivity index (χ4v) is 2.85. The van der Waals surface area contributed by atoms with E-state index in [0.717, 1.165) is 12.0 Å². The summed E-state index contributed by atoms with van der Waals surface area (Å²) in [7, 11) is 0. The van der Waals surface area contributed by atoms with E-state index in [1.54, 1.807) is 48.5 Å². The van der Waals surface area contributed by atoms with Gasteiger partial charge in [-0.15, -0.1) is 0 Å². The lowest BCUT2D eigenvalue weighted by Gasteiger charge is -2.14. The second kappa shape index (κ2) is 10.3. The van der Waals surface area contributed by atoms with E-state index in [9.17, 15) is 9.59 Å². The highest BCUT2D eigenvalue weighted by Gasteiger charge is 2.13. The van der Waals surface area contributed by atoms with Crippen LogP contribution in [-0.4, -0.2) is 18.5 Å². The van der Waals surface area contributed by atoms with Crippen LogP contribution in [0.5, 0.6) is 11.5 Å². The molecule has 0 aliphatic carbocycles. The van der Waals surface area contributed by atoms with Crippen LogP contribution < -0.4 is 14.8 Å². The van der Waals surface area contributed by atoms with Crippen molar-refractivity contribution in [2.24, 2.45) is 0 Å². The van der Waals surface area contributed by atoms with Gasteiger partial charge < -0.3 is 14.8 Å². The summed E-state index contributed by atoms with van der Waals surface area (Å²) >= 11 is 0. The number of nitrogens with one attached hydrogen (secondary N) is 1. The number of esters is 1. The van der Waals surface area contributed by atoms with Crippen LogP contribution in [0, 0.1) is 0 Å². The van der Waals surface area contributed by atoms with Crippen molar-refractivity contribution in [1.29, 1.82) is 0 Å². The van der Waals surface area contributed by atoms with Crippen LogP contribution in [-0.2, 0) is 0 Å². The van der Waals surface area contributed by atoms with Crippen LogP contribution in [0.3, 0.4) is 0 Å². The average molecular weight is 403 g/mol. The Kier molecular flexibility index (Phi) is 7.22. The van der Waals surface area contributed by atoms with Crippen molar-refractivity contribution in [3.63, 3.8) is 0 Å². The van der Waals surface area contributed by atoms with Gasteiger partial charge in [0.1, 0.15) is 11.5 Å². The molecular weight excluding hydrogens is 378 g/mol. The van der Waals surface area contributed by atoms with Crippen LogP contribution >= 0.6 is 0 Å². The monoisotopic (exact) mass is 403 g/mol. The fraction of sp³-hybridized carbons (Fsp3) is 0.200. The Hall–Kier alpha value is -3.60. The number of carbonyl (C=O) groups is 2. The zero-order valence-electron chi connectivity index (χ0n) is 17.1. The lowest BCUT2D eigenvalue weighted by molar-refractivity contribution is 0.0734. The lowest BCUT2D eigenvalue weighted by Crippen LogP contribution is -2.26. The van der Waals surface area contributed by atoms with Crippen LogP contribution in [0.1, 0.15) is 52.6 Å². The molecule has 3 aromatic rings. The highest BCUT2D eigenvalue weighted by atomic mass is 16.5. The molecule has 0 spiro atoms. The predicted molar refractivity (Wildman–Crippen MR) is 116 cm³/mol. The molecule has 0 saturated heterocycles. The Balaban J connectivity index is 1.57. The number of carbonyl (C=O) groups excluding carboxylic acids is 2. The van der Waals surface area contributed by atoms with Gasteiger partial charge in [-0.25, -0.2) is 4.79 Å². The van der Waals surface area contributed by atoms with Crippen molar-refractivity contribution in [1.82, 2.24) is 5.32 Å². The molecule has 0 bridgehead atoms. The van der Waals surface area contributed by atoms with Gasteiger partial charge in [0.05, 0.1) is 18.2 Å². The van der Waals surface area contributed by atoms with Gasteiger partial charge in [0.15, 0.2) is 0 Å². The predicted octanol–water partition coefficient (Wildman–Crippen LogP) is 5.19. The van der Waals surface area contributed by atoms with Crippen molar-refractivity contribution in [3.05, 3.63) is 95.6 Å². The van der Waals surface area contributed by atoms with Gasteiger partial charge in [-0.3, -0.25) is 4.79 Å². The maximum Gasteiger partial charge on any atom is 0.343 e. The molecule has 5 heteroatoms. The van der Waals surface area contributed by atoms with Gasteiger partial charge in [-0.05, 0) is 67.4 Å². The third-order valence-corrected chi connectivity index (χ3v) is 4.54. The highest BCUT2D eigenvalue weighted by Crippen LogP contribution is 2.18. The van der Waals surface area contributed by atoms with E-state index < -0.39 is 5.97 Å². The molecule has 0 radical (unpaired) electrons. The molecule has 1 atom stereocenters. The fourth-order valence-electron chi connectivity index (χ4n) is 2.85. The standard InChI is InChI=1S/C25H25NO4/c1-3-17-29-22-13-11-21(12-14-22)25(28)30-23-15-9-20(10-16-23)24(27)26-18(2)19-7-5-4-6-8-19/h4-16,18H,3,17H2,1-2H3,(H,26,27). The highest BCUT2D eigenvalue weighted by molar-refractivity contribution is 5.95. The Morgan fingerprint density at radius 3 is 2.07 bits per heavy atom. The molecule has 1 unspecified atom stereocenters. The Morgan fingerprint density at radius 2 is 1.43 bits per heavy atom. The summed E-state index contributed by atoms with van der Waals surface area (Å²) in [5.74, 6) is 0.436. The first-order valence-corrected chi connectivity index (χ1v) is 9.97. The second-order valence-electron chi connectivity index (χ2n) is 6.89. The molecular formula is C25H25NO4. The minimum absolute atomic E-state index is 0.111. The molecule has 0 fully saturated rings. The van der Waals surface area contributed by atoms with Gasteiger partial charge in [0, 0.05) is 5.56 Å². The second-order valence-corrected chi connectivity index (χ2v) is 6.89. The third kappa shape index (κ3) is 5.70. The quantitative estimate of drug-likeness (QED) is 0.415. The van der Waals surface area contributed by atoms with E-state index in [-0.39, 0.29) is 11.9 Å². The molecule has 1 amide bonds. The molecule has 0 saturated carbocycles. The molecule has 1 N–H and O–H groups in total. The van der Waals surface area contributed by atoms with Crippen molar-refractivity contribution in [3.8, 4) is 11.5 Å². The molecule has 154 valence electrons. The van der Waals surface area contributed by atoms with Gasteiger partial charge in [-0.2, -0.15) is 0 Å². The van der Waals surface area contributed by atoms with Crippen molar-refractivity contribution < 1.29 is 19.1 Å². The molecule has 0 aliphatic rings. The van der Waals surface area contributed by atoms with E-state index in [4.69, 9.17) is 9.47 Å². The third-order valence-electron chi connectivity index (χ3n) is 4.54. The van der Waals surface area contributed by atoms with Crippen LogP contribution in [0.2, 0.25) is 0 Å². The summed E-state index contributed by atoms with van der Waals surface area (Å²) in [4.78, 5) is 24.8. The number of benzene rings is 3. The van der Waals surface area contributed by atoms with E-state index >= 15 is 0 Å². The van der Waals surface area contributed by atoms with Crippen molar-refractivity contribution in [2.45, 2.75) is 26.3 Å². The van der Waals surface area contributed by atoms with Gasteiger partial charge >= 0.3 is 5.97 Å². The SMILES string of the molecule is CCCOc1ccc(C(=O)Oc2ccc(C(=O)NC(C)c3ccccc3)cc2)cc1. The minimum atomic E-state index is -0.466. The van der Waals surface area contributed by atoms with Crippen molar-refractivity contribution in [2.75, 3.05) is 6.61 Å². The Morgan fingerprint density at radius 1 is 0.833 bits per heavy atom. The summed E-state index contributed by atoms with van der Waals surface area (Å²) in [6.45, 7) is 4.60. The number of amides is 1. The van der Waals surface area contributed by atoms with Crippen molar-refractivity contribution >= 4 is 11.9 Å². The number of ether oxygens (including phenoxy) is 2. The molecule has 5 nitrogen and oxygen atoms in total.